The van der Waals surface area contributed by atoms with E-state index in [4.69, 9.17) is 5.11 Å². The van der Waals surface area contributed by atoms with E-state index in [-0.39, 0.29) is 0 Å². The van der Waals surface area contributed by atoms with Crippen molar-refractivity contribution in [1.82, 2.24) is 0 Å². The summed E-state index contributed by atoms with van der Waals surface area (Å²) in [5.74, 6) is -0.0290. The van der Waals surface area contributed by atoms with Crippen LogP contribution in [-0.2, 0) is 4.79 Å². The quantitative estimate of drug-likeness (QED) is 0.674. The van der Waals surface area contributed by atoms with Gasteiger partial charge in [-0.05, 0) is 13.3 Å². The van der Waals surface area contributed by atoms with Gasteiger partial charge in [-0.15, -0.1) is 0 Å². The van der Waals surface area contributed by atoms with Crippen molar-refractivity contribution in [1.29, 1.82) is 0 Å². The molecule has 0 amide bonds. The zero-order valence-corrected chi connectivity index (χ0v) is 8.65. The molecule has 0 heterocycles. The molecule has 70 valence electrons. The third kappa shape index (κ3) is 6.28. The van der Waals surface area contributed by atoms with Gasteiger partial charge in [0.15, 0.2) is 0 Å². The Morgan fingerprint density at radius 3 is 2.67 bits per heavy atom. The maximum absolute atomic E-state index is 10.2. The topological polar surface area (TPSA) is 37.3 Å². The van der Waals surface area contributed by atoms with Crippen LogP contribution in [0.4, 0.5) is 0 Å². The fourth-order valence-electron chi connectivity index (χ4n) is 0.644. The average molecular weight is 188 g/mol. The second-order valence-corrected chi connectivity index (χ2v) is 4.29. The number of carboxylic acids is 1. The maximum atomic E-state index is 10.2. The van der Waals surface area contributed by atoms with Crippen molar-refractivity contribution >= 4 is 17.7 Å². The predicted octanol–water partition coefficient (Wildman–Crippen LogP) is 2.55. The Kier molecular flexibility index (Phi) is 5.89. The van der Waals surface area contributed by atoms with E-state index in [2.05, 4.69) is 13.8 Å². The van der Waals surface area contributed by atoms with Crippen LogP contribution in [-0.4, -0.2) is 22.1 Å². The number of thioether (sulfide) groups is 1. The summed E-state index contributed by atoms with van der Waals surface area (Å²) in [5, 5.41) is 9.03. The second-order valence-electron chi connectivity index (χ2n) is 2.86. The van der Waals surface area contributed by atoms with Crippen molar-refractivity contribution in [3.8, 4) is 0 Å². The van der Waals surface area contributed by atoms with Gasteiger partial charge >= 0.3 is 5.97 Å². The van der Waals surface area contributed by atoms with E-state index in [1.165, 1.54) is 6.08 Å². The minimum absolute atomic E-state index is 0.613. The fraction of sp³-hybridized carbons (Fsp3) is 0.667. The van der Waals surface area contributed by atoms with Crippen LogP contribution in [0.15, 0.2) is 11.6 Å². The van der Waals surface area contributed by atoms with Gasteiger partial charge < -0.3 is 5.11 Å². The summed E-state index contributed by atoms with van der Waals surface area (Å²) in [6.45, 7) is 6.14. The molecule has 0 bridgehead atoms. The van der Waals surface area contributed by atoms with Crippen LogP contribution in [0.2, 0.25) is 0 Å². The Hall–Kier alpha value is -0.440. The van der Waals surface area contributed by atoms with Crippen LogP contribution >= 0.6 is 11.8 Å². The van der Waals surface area contributed by atoms with Crippen molar-refractivity contribution < 1.29 is 9.90 Å². The lowest BCUT2D eigenvalue weighted by molar-refractivity contribution is -0.131. The van der Waals surface area contributed by atoms with E-state index < -0.39 is 5.97 Å². The molecule has 1 N–H and O–H groups in total. The van der Waals surface area contributed by atoms with Crippen molar-refractivity contribution in [2.45, 2.75) is 32.4 Å². The first-order valence-electron chi connectivity index (χ1n) is 4.08. The van der Waals surface area contributed by atoms with Gasteiger partial charge in [-0.3, -0.25) is 0 Å². The smallest absolute Gasteiger partial charge is 0.328 e. The lowest BCUT2D eigenvalue weighted by atomic mass is 10.3. The Labute approximate surface area is 78.0 Å². The average Bonchev–Trinajstić information content (AvgIpc) is 1.99. The minimum atomic E-state index is -0.850. The molecular weight excluding hydrogens is 172 g/mol. The van der Waals surface area contributed by atoms with E-state index in [9.17, 15) is 4.79 Å². The third-order valence-corrected chi connectivity index (χ3v) is 3.06. The van der Waals surface area contributed by atoms with Gasteiger partial charge in [0.25, 0.3) is 0 Å². The lowest BCUT2D eigenvalue weighted by Crippen LogP contribution is -1.97. The van der Waals surface area contributed by atoms with Gasteiger partial charge in [0.2, 0.25) is 0 Å². The van der Waals surface area contributed by atoms with E-state index in [1.807, 2.05) is 6.92 Å². The molecule has 0 aliphatic rings. The molecule has 0 aromatic rings. The van der Waals surface area contributed by atoms with Gasteiger partial charge in [-0.25, -0.2) is 4.79 Å². The minimum Gasteiger partial charge on any atom is -0.478 e. The molecule has 1 atom stereocenters. The number of hydrogen-bond acceptors (Lipinski definition) is 2. The van der Waals surface area contributed by atoms with Crippen LogP contribution in [0.1, 0.15) is 27.2 Å². The standard InChI is InChI=1S/C9H16O2S/c1-4-8(3)12-6-7(2)5-9(10)11/h5,8H,4,6H2,1-3H3,(H,10,11). The van der Waals surface area contributed by atoms with Crippen LogP contribution in [0.25, 0.3) is 0 Å². The van der Waals surface area contributed by atoms with Gasteiger partial charge in [0, 0.05) is 17.1 Å². The molecule has 0 aliphatic heterocycles. The van der Waals surface area contributed by atoms with Crippen molar-refractivity contribution in [2.24, 2.45) is 0 Å². The molecule has 2 nitrogen and oxygen atoms in total. The molecule has 3 heteroatoms. The Morgan fingerprint density at radius 2 is 2.25 bits per heavy atom. The van der Waals surface area contributed by atoms with Crippen LogP contribution < -0.4 is 0 Å². The summed E-state index contributed by atoms with van der Waals surface area (Å²) in [6, 6.07) is 0. The highest BCUT2D eigenvalue weighted by Crippen LogP contribution is 2.16. The van der Waals surface area contributed by atoms with Crippen LogP contribution in [0.5, 0.6) is 0 Å². The Balaban J connectivity index is 3.70. The zero-order chi connectivity index (χ0) is 9.56. The molecule has 0 rings (SSSR count). The number of carboxylic acid groups (broad SMARTS) is 1. The monoisotopic (exact) mass is 188 g/mol. The molecule has 0 saturated heterocycles. The van der Waals surface area contributed by atoms with E-state index in [1.54, 1.807) is 11.8 Å². The maximum Gasteiger partial charge on any atom is 0.328 e. The first-order chi connectivity index (χ1) is 5.56. The largest absolute Gasteiger partial charge is 0.478 e. The SMILES string of the molecule is CCC(C)SCC(C)=CC(=O)O. The van der Waals surface area contributed by atoms with Gasteiger partial charge in [0.05, 0.1) is 0 Å². The second kappa shape index (κ2) is 6.12. The highest BCUT2D eigenvalue weighted by Gasteiger charge is 2.00. The first-order valence-corrected chi connectivity index (χ1v) is 5.12. The summed E-state index contributed by atoms with van der Waals surface area (Å²) in [5.41, 5.74) is 0.924. The van der Waals surface area contributed by atoms with Crippen LogP contribution in [0.3, 0.4) is 0 Å². The number of hydrogen-bond donors (Lipinski definition) is 1. The van der Waals surface area contributed by atoms with Crippen molar-refractivity contribution in [2.75, 3.05) is 5.75 Å². The summed E-state index contributed by atoms with van der Waals surface area (Å²) < 4.78 is 0. The highest BCUT2D eigenvalue weighted by atomic mass is 32.2. The third-order valence-electron chi connectivity index (χ3n) is 1.54. The molecule has 0 saturated carbocycles. The number of aliphatic carboxylic acids is 1. The van der Waals surface area contributed by atoms with E-state index >= 15 is 0 Å². The van der Waals surface area contributed by atoms with Gasteiger partial charge in [-0.1, -0.05) is 19.4 Å². The molecule has 1 unspecified atom stereocenters. The van der Waals surface area contributed by atoms with Gasteiger partial charge in [0.1, 0.15) is 0 Å². The first kappa shape index (κ1) is 11.6. The van der Waals surface area contributed by atoms with Crippen LogP contribution in [0, 0.1) is 0 Å². The Bertz CT molecular complexity index is 175. The molecule has 0 fully saturated rings. The normalized spacial score (nSPS) is 14.4. The highest BCUT2D eigenvalue weighted by molar-refractivity contribution is 8.00. The summed E-state index contributed by atoms with van der Waals surface area (Å²) in [4.78, 5) is 10.2. The van der Waals surface area contributed by atoms with Crippen molar-refractivity contribution in [3.63, 3.8) is 0 Å². The Morgan fingerprint density at radius 1 is 1.67 bits per heavy atom. The molecule has 0 aromatic carbocycles. The molecule has 0 aliphatic carbocycles. The predicted molar refractivity (Wildman–Crippen MR) is 53.6 cm³/mol. The number of carbonyl (C=O) groups is 1. The molecule has 12 heavy (non-hydrogen) atoms. The van der Waals surface area contributed by atoms with Crippen molar-refractivity contribution in [3.05, 3.63) is 11.6 Å². The summed E-state index contributed by atoms with van der Waals surface area (Å²) >= 11 is 1.79. The summed E-state index contributed by atoms with van der Waals surface area (Å²) in [6.07, 6.45) is 2.40. The molecule has 0 aromatic heterocycles. The molecular formula is C9H16O2S. The molecule has 0 radical (unpaired) electrons. The van der Waals surface area contributed by atoms with Gasteiger partial charge in [-0.2, -0.15) is 11.8 Å². The zero-order valence-electron chi connectivity index (χ0n) is 7.83. The summed E-state index contributed by atoms with van der Waals surface area (Å²) in [7, 11) is 0. The molecule has 0 spiro atoms. The lowest BCUT2D eigenvalue weighted by Gasteiger charge is -2.07. The number of rotatable bonds is 5. The van der Waals surface area contributed by atoms with E-state index in [0.717, 1.165) is 17.7 Å². The van der Waals surface area contributed by atoms with E-state index in [0.29, 0.717) is 5.25 Å². The fourth-order valence-corrected chi connectivity index (χ4v) is 1.51.